The average Bonchev–Trinajstić information content (AvgIpc) is 3.46. The van der Waals surface area contributed by atoms with Gasteiger partial charge >= 0.3 is 5.82 Å². The number of aromatic nitrogens is 4. The zero-order valence-electron chi connectivity index (χ0n) is 16.0. The van der Waals surface area contributed by atoms with E-state index in [2.05, 4.69) is 31.4 Å². The number of amides is 1. The molecule has 1 amide bonds. The molecule has 1 N–H and O–H groups in total. The molecule has 0 aliphatic heterocycles. The molecule has 0 unspecified atom stereocenters. The highest BCUT2D eigenvalue weighted by molar-refractivity contribution is 9.10. The van der Waals surface area contributed by atoms with E-state index in [1.165, 1.54) is 33.8 Å². The number of nitro groups is 1. The Morgan fingerprint density at radius 1 is 1.22 bits per heavy atom. The van der Waals surface area contributed by atoms with Crippen molar-refractivity contribution in [3.8, 4) is 0 Å². The van der Waals surface area contributed by atoms with Gasteiger partial charge in [0.1, 0.15) is 22.6 Å². The van der Waals surface area contributed by atoms with Crippen LogP contribution in [0, 0.1) is 15.9 Å². The molecule has 1 aromatic carbocycles. The van der Waals surface area contributed by atoms with E-state index in [0.29, 0.717) is 5.76 Å². The standard InChI is InChI=1S/C19H13BrClFN6O4/c20-13-10-27(25-18(13)28(30)31)8-11-4-5-16(32-11)19(29)23-17-6-7-26(24-17)9-12-14(21)2-1-3-15(12)22/h1-7,10H,8-9H2,(H,23,24,29). The predicted octanol–water partition coefficient (Wildman–Crippen LogP) is 4.48. The lowest BCUT2D eigenvalue weighted by atomic mass is 10.2. The normalized spacial score (nSPS) is 11.0. The van der Waals surface area contributed by atoms with Gasteiger partial charge in [-0.15, -0.1) is 0 Å². The van der Waals surface area contributed by atoms with Gasteiger partial charge in [0.05, 0.1) is 17.8 Å². The highest BCUT2D eigenvalue weighted by Crippen LogP contribution is 2.23. The number of carbonyl (C=O) groups excluding carboxylic acids is 1. The average molecular weight is 524 g/mol. The second-order valence-electron chi connectivity index (χ2n) is 6.57. The molecular weight excluding hydrogens is 511 g/mol. The number of halogens is 3. The minimum absolute atomic E-state index is 0.0208. The predicted molar refractivity (Wildman–Crippen MR) is 115 cm³/mol. The third-order valence-electron chi connectivity index (χ3n) is 4.34. The Morgan fingerprint density at radius 2 is 2.03 bits per heavy atom. The number of hydrogen-bond acceptors (Lipinski definition) is 6. The number of furan rings is 1. The Hall–Kier alpha value is -3.51. The van der Waals surface area contributed by atoms with E-state index in [9.17, 15) is 19.3 Å². The Morgan fingerprint density at radius 3 is 2.75 bits per heavy atom. The molecule has 4 aromatic rings. The van der Waals surface area contributed by atoms with Crippen molar-refractivity contribution >= 4 is 45.1 Å². The summed E-state index contributed by atoms with van der Waals surface area (Å²) < 4.78 is 22.4. The second kappa shape index (κ2) is 8.93. The van der Waals surface area contributed by atoms with Crippen molar-refractivity contribution in [1.29, 1.82) is 0 Å². The maximum absolute atomic E-state index is 13.9. The zero-order valence-corrected chi connectivity index (χ0v) is 18.4. The zero-order chi connectivity index (χ0) is 22.8. The van der Waals surface area contributed by atoms with Crippen molar-refractivity contribution < 1.29 is 18.5 Å². The molecule has 0 saturated carbocycles. The summed E-state index contributed by atoms with van der Waals surface area (Å²) in [5.74, 6) is -0.671. The Labute approximate surface area is 192 Å². The van der Waals surface area contributed by atoms with Crippen molar-refractivity contribution in [3.05, 3.63) is 91.3 Å². The molecule has 13 heteroatoms. The number of benzene rings is 1. The van der Waals surface area contributed by atoms with Crippen LogP contribution in [0.5, 0.6) is 0 Å². The van der Waals surface area contributed by atoms with E-state index in [1.807, 2.05) is 0 Å². The molecule has 164 valence electrons. The Balaban J connectivity index is 1.40. The molecule has 0 radical (unpaired) electrons. The molecule has 32 heavy (non-hydrogen) atoms. The minimum Gasteiger partial charge on any atom is -0.454 e. The summed E-state index contributed by atoms with van der Waals surface area (Å²) in [5, 5.41) is 21.8. The molecule has 0 fully saturated rings. The summed E-state index contributed by atoms with van der Waals surface area (Å²) in [6, 6.07) is 8.99. The van der Waals surface area contributed by atoms with Gasteiger partial charge in [-0.05, 0) is 45.1 Å². The number of nitrogens with one attached hydrogen (secondary N) is 1. The number of carbonyl (C=O) groups is 1. The van der Waals surface area contributed by atoms with E-state index in [-0.39, 0.29) is 45.5 Å². The van der Waals surface area contributed by atoms with Crippen LogP contribution >= 0.6 is 27.5 Å². The molecule has 3 aromatic heterocycles. The van der Waals surface area contributed by atoms with Gasteiger partial charge in [0.2, 0.25) is 0 Å². The molecule has 0 aliphatic rings. The smallest absolute Gasteiger partial charge is 0.404 e. The van der Waals surface area contributed by atoms with Crippen LogP contribution in [0.4, 0.5) is 16.0 Å². The quantitative estimate of drug-likeness (QED) is 0.281. The molecular formula is C19H13BrClFN6O4. The van der Waals surface area contributed by atoms with E-state index in [4.69, 9.17) is 16.0 Å². The maximum atomic E-state index is 13.9. The Kier molecular flexibility index (Phi) is 6.06. The highest BCUT2D eigenvalue weighted by Gasteiger charge is 2.20. The topological polar surface area (TPSA) is 121 Å². The minimum atomic E-state index is -0.610. The van der Waals surface area contributed by atoms with Gasteiger partial charge in [0.25, 0.3) is 5.91 Å². The van der Waals surface area contributed by atoms with E-state index < -0.39 is 16.6 Å². The number of hydrogen-bond donors (Lipinski definition) is 1. The van der Waals surface area contributed by atoms with Crippen LogP contribution < -0.4 is 5.32 Å². The van der Waals surface area contributed by atoms with Crippen molar-refractivity contribution in [2.45, 2.75) is 13.1 Å². The van der Waals surface area contributed by atoms with Gasteiger partial charge in [-0.1, -0.05) is 17.7 Å². The molecule has 0 aliphatic carbocycles. The van der Waals surface area contributed by atoms with E-state index in [1.54, 1.807) is 24.4 Å². The van der Waals surface area contributed by atoms with Crippen molar-refractivity contribution in [2.24, 2.45) is 0 Å². The first kappa shape index (κ1) is 21.7. The van der Waals surface area contributed by atoms with Crippen molar-refractivity contribution in [3.63, 3.8) is 0 Å². The first-order chi connectivity index (χ1) is 15.3. The fourth-order valence-electron chi connectivity index (χ4n) is 2.88. The van der Waals surface area contributed by atoms with E-state index >= 15 is 0 Å². The molecule has 0 atom stereocenters. The SMILES string of the molecule is O=C(Nc1ccn(Cc2c(F)cccc2Cl)n1)c1ccc(Cn2cc(Br)c([N+](=O)[O-])n2)o1. The van der Waals surface area contributed by atoms with Crippen LogP contribution in [0.3, 0.4) is 0 Å². The molecule has 3 heterocycles. The van der Waals surface area contributed by atoms with Crippen LogP contribution in [0.1, 0.15) is 21.9 Å². The summed E-state index contributed by atoms with van der Waals surface area (Å²) in [5.41, 5.74) is 0.288. The van der Waals surface area contributed by atoms with Crippen LogP contribution in [0.25, 0.3) is 0 Å². The summed E-state index contributed by atoms with van der Waals surface area (Å²) in [6.45, 7) is 0.190. The lowest BCUT2D eigenvalue weighted by Crippen LogP contribution is -2.12. The number of nitrogens with zero attached hydrogens (tertiary/aromatic N) is 5. The van der Waals surface area contributed by atoms with Gasteiger partial charge in [-0.25, -0.2) is 4.39 Å². The van der Waals surface area contributed by atoms with Gasteiger partial charge in [0, 0.05) is 22.8 Å². The first-order valence-electron chi connectivity index (χ1n) is 9.04. The Bertz CT molecular complexity index is 1300. The van der Waals surface area contributed by atoms with E-state index in [0.717, 1.165) is 0 Å². The highest BCUT2D eigenvalue weighted by atomic mass is 79.9. The third kappa shape index (κ3) is 4.70. The van der Waals surface area contributed by atoms with Crippen molar-refractivity contribution in [2.75, 3.05) is 5.32 Å². The van der Waals surface area contributed by atoms with Crippen LogP contribution in [0.15, 0.2) is 57.7 Å². The largest absolute Gasteiger partial charge is 0.454 e. The maximum Gasteiger partial charge on any atom is 0.404 e. The fourth-order valence-corrected chi connectivity index (χ4v) is 3.56. The first-order valence-corrected chi connectivity index (χ1v) is 10.2. The summed E-state index contributed by atoms with van der Waals surface area (Å²) >= 11 is 9.10. The van der Waals surface area contributed by atoms with Gasteiger partial charge in [0.15, 0.2) is 11.6 Å². The van der Waals surface area contributed by atoms with Crippen molar-refractivity contribution in [1.82, 2.24) is 19.6 Å². The van der Waals surface area contributed by atoms with Gasteiger partial charge in [-0.2, -0.15) is 9.78 Å². The van der Waals surface area contributed by atoms with Gasteiger partial charge in [-0.3, -0.25) is 9.48 Å². The van der Waals surface area contributed by atoms with Crippen LogP contribution in [-0.2, 0) is 13.1 Å². The number of rotatable bonds is 7. The summed E-state index contributed by atoms with van der Waals surface area (Å²) in [7, 11) is 0. The molecule has 0 saturated heterocycles. The molecule has 10 nitrogen and oxygen atoms in total. The summed E-state index contributed by atoms with van der Waals surface area (Å²) in [6.07, 6.45) is 3.02. The molecule has 0 bridgehead atoms. The molecule has 0 spiro atoms. The third-order valence-corrected chi connectivity index (χ3v) is 5.25. The monoisotopic (exact) mass is 522 g/mol. The lowest BCUT2D eigenvalue weighted by molar-refractivity contribution is -0.390. The number of anilines is 1. The van der Waals surface area contributed by atoms with Crippen LogP contribution in [-0.4, -0.2) is 30.4 Å². The fraction of sp³-hybridized carbons (Fsp3) is 0.105. The second-order valence-corrected chi connectivity index (χ2v) is 7.84. The summed E-state index contributed by atoms with van der Waals surface area (Å²) in [4.78, 5) is 22.7. The lowest BCUT2D eigenvalue weighted by Gasteiger charge is -2.06. The van der Waals surface area contributed by atoms with Crippen LogP contribution in [0.2, 0.25) is 5.02 Å². The van der Waals surface area contributed by atoms with Gasteiger partial charge < -0.3 is 19.8 Å². The molecule has 4 rings (SSSR count).